The molecule has 0 saturated heterocycles. The molecule has 34 heavy (non-hydrogen) atoms. The van der Waals surface area contributed by atoms with Gasteiger partial charge in [-0.3, -0.25) is 9.59 Å². The quantitative estimate of drug-likeness (QED) is 0.408. The van der Waals surface area contributed by atoms with Crippen molar-refractivity contribution in [1.82, 2.24) is 20.3 Å². The van der Waals surface area contributed by atoms with E-state index in [0.29, 0.717) is 22.7 Å². The number of hydrogen-bond acceptors (Lipinski definition) is 5. The number of anilines is 1. The van der Waals surface area contributed by atoms with Crippen LogP contribution in [0.5, 0.6) is 0 Å². The normalized spacial score (nSPS) is 10.9. The molecule has 0 radical (unpaired) electrons. The lowest BCUT2D eigenvalue weighted by Gasteiger charge is -2.06. The van der Waals surface area contributed by atoms with Gasteiger partial charge < -0.3 is 15.2 Å². The van der Waals surface area contributed by atoms with Crippen molar-refractivity contribution in [1.29, 1.82) is 0 Å². The lowest BCUT2D eigenvalue weighted by atomic mass is 10.1. The molecule has 0 saturated carbocycles. The highest BCUT2D eigenvalue weighted by atomic mass is 16.5. The zero-order valence-corrected chi connectivity index (χ0v) is 19.4. The first-order valence-electron chi connectivity index (χ1n) is 11.1. The maximum absolute atomic E-state index is 12.6. The smallest absolute Gasteiger partial charge is 0.251 e. The van der Waals surface area contributed by atoms with Gasteiger partial charge in [0.05, 0.1) is 42.4 Å². The van der Waals surface area contributed by atoms with Gasteiger partial charge in [-0.25, -0.2) is 4.68 Å². The number of rotatable bonds is 8. The van der Waals surface area contributed by atoms with Gasteiger partial charge in [-0.15, -0.1) is 0 Å². The maximum atomic E-state index is 12.6. The summed E-state index contributed by atoms with van der Waals surface area (Å²) >= 11 is 0. The van der Waals surface area contributed by atoms with Gasteiger partial charge in [0.2, 0.25) is 5.91 Å². The van der Waals surface area contributed by atoms with Crippen LogP contribution in [0.25, 0.3) is 5.69 Å². The van der Waals surface area contributed by atoms with Gasteiger partial charge >= 0.3 is 0 Å². The van der Waals surface area contributed by atoms with Crippen molar-refractivity contribution in [3.63, 3.8) is 0 Å². The Labute approximate surface area is 198 Å². The molecule has 2 aromatic heterocycles. The van der Waals surface area contributed by atoms with E-state index in [1.807, 2.05) is 57.2 Å². The van der Waals surface area contributed by atoms with Gasteiger partial charge in [-0.1, -0.05) is 54.9 Å². The summed E-state index contributed by atoms with van der Waals surface area (Å²) in [6.07, 6.45) is 3.58. The van der Waals surface area contributed by atoms with E-state index < -0.39 is 0 Å². The Balaban J connectivity index is 1.37. The van der Waals surface area contributed by atoms with Crippen molar-refractivity contribution in [3.05, 3.63) is 95.1 Å². The topological polar surface area (TPSA) is 102 Å². The summed E-state index contributed by atoms with van der Waals surface area (Å²) in [6.45, 7) is 6.31. The molecule has 2 heterocycles. The molecular formula is C26H27N5O3. The van der Waals surface area contributed by atoms with E-state index in [1.165, 1.54) is 0 Å². The fraction of sp³-hybridized carbons (Fsp3) is 0.231. The van der Waals surface area contributed by atoms with Crippen molar-refractivity contribution in [2.45, 2.75) is 39.7 Å². The number of aryl methyl sites for hydroxylation is 1. The van der Waals surface area contributed by atoms with Gasteiger partial charge in [0.25, 0.3) is 5.91 Å². The predicted molar refractivity (Wildman–Crippen MR) is 129 cm³/mol. The number of nitrogens with one attached hydrogen (secondary N) is 2. The predicted octanol–water partition coefficient (Wildman–Crippen LogP) is 4.40. The van der Waals surface area contributed by atoms with E-state index in [0.717, 1.165) is 16.8 Å². The van der Waals surface area contributed by atoms with Crippen molar-refractivity contribution in [2.24, 2.45) is 0 Å². The Morgan fingerprint density at radius 1 is 1.09 bits per heavy atom. The fourth-order valence-corrected chi connectivity index (χ4v) is 3.48. The average molecular weight is 458 g/mol. The number of benzene rings is 2. The van der Waals surface area contributed by atoms with E-state index >= 15 is 0 Å². The number of carbonyl (C=O) groups excluding carboxylic acids is 2. The zero-order valence-electron chi connectivity index (χ0n) is 19.4. The first-order chi connectivity index (χ1) is 16.4. The van der Waals surface area contributed by atoms with Crippen molar-refractivity contribution in [3.8, 4) is 5.69 Å². The number of hydrogen-bond donors (Lipinski definition) is 2. The first kappa shape index (κ1) is 23.0. The molecule has 8 heteroatoms. The third-order valence-electron chi connectivity index (χ3n) is 5.28. The first-order valence-corrected chi connectivity index (χ1v) is 11.1. The molecule has 0 fully saturated rings. The molecule has 174 valence electrons. The zero-order chi connectivity index (χ0) is 24.1. The fourth-order valence-electron chi connectivity index (χ4n) is 3.48. The lowest BCUT2D eigenvalue weighted by Crippen LogP contribution is -2.22. The Hall–Kier alpha value is -4.20. The summed E-state index contributed by atoms with van der Waals surface area (Å²) in [5.41, 5.74) is 4.69. The molecule has 2 aromatic carbocycles. The number of carbonyl (C=O) groups is 2. The van der Waals surface area contributed by atoms with Crippen LogP contribution in [0.2, 0.25) is 0 Å². The Kier molecular flexibility index (Phi) is 6.87. The molecule has 4 rings (SSSR count). The molecule has 0 spiro atoms. The minimum absolute atomic E-state index is 0.119. The van der Waals surface area contributed by atoms with E-state index in [-0.39, 0.29) is 30.7 Å². The average Bonchev–Trinajstić information content (AvgIpc) is 3.47. The molecule has 0 aliphatic rings. The summed E-state index contributed by atoms with van der Waals surface area (Å²) < 4.78 is 6.89. The van der Waals surface area contributed by atoms with Gasteiger partial charge in [0.1, 0.15) is 0 Å². The molecule has 0 aliphatic carbocycles. The molecule has 0 unspecified atom stereocenters. The summed E-state index contributed by atoms with van der Waals surface area (Å²) in [6, 6.07) is 16.8. The second-order valence-electron chi connectivity index (χ2n) is 8.49. The molecule has 2 amide bonds. The largest absolute Gasteiger partial charge is 0.359 e. The SMILES string of the molecule is Cc1cccc(CC(=O)Nc2cnn(-c3cccc(C(=O)NCc4cc(C(C)C)no4)c3)c2)c1. The number of amides is 2. The second-order valence-corrected chi connectivity index (χ2v) is 8.49. The monoisotopic (exact) mass is 457 g/mol. The van der Waals surface area contributed by atoms with Crippen molar-refractivity contribution in [2.75, 3.05) is 5.32 Å². The summed E-state index contributed by atoms with van der Waals surface area (Å²) in [5, 5.41) is 14.0. The Morgan fingerprint density at radius 2 is 1.91 bits per heavy atom. The molecular weight excluding hydrogens is 430 g/mol. The van der Waals surface area contributed by atoms with Crippen LogP contribution in [0.4, 0.5) is 5.69 Å². The van der Waals surface area contributed by atoms with Crippen LogP contribution in [0.15, 0.2) is 71.5 Å². The third kappa shape index (κ3) is 5.78. The molecule has 8 nitrogen and oxygen atoms in total. The Morgan fingerprint density at radius 3 is 2.68 bits per heavy atom. The highest BCUT2D eigenvalue weighted by Crippen LogP contribution is 2.16. The van der Waals surface area contributed by atoms with Gasteiger partial charge in [0.15, 0.2) is 5.76 Å². The van der Waals surface area contributed by atoms with E-state index in [2.05, 4.69) is 20.9 Å². The van der Waals surface area contributed by atoms with Crippen LogP contribution >= 0.6 is 0 Å². The van der Waals surface area contributed by atoms with Crippen LogP contribution in [0.1, 0.15) is 52.7 Å². The van der Waals surface area contributed by atoms with Crippen molar-refractivity contribution < 1.29 is 14.1 Å². The van der Waals surface area contributed by atoms with Crippen LogP contribution in [-0.4, -0.2) is 26.8 Å². The van der Waals surface area contributed by atoms with Gasteiger partial charge in [0, 0.05) is 11.6 Å². The van der Waals surface area contributed by atoms with Crippen LogP contribution in [0, 0.1) is 6.92 Å². The minimum atomic E-state index is -0.233. The Bertz CT molecular complexity index is 1310. The number of aromatic nitrogens is 3. The van der Waals surface area contributed by atoms with Gasteiger partial charge in [-0.05, 0) is 36.6 Å². The highest BCUT2D eigenvalue weighted by molar-refractivity contribution is 5.94. The maximum Gasteiger partial charge on any atom is 0.251 e. The van der Waals surface area contributed by atoms with E-state index in [4.69, 9.17) is 4.52 Å². The lowest BCUT2D eigenvalue weighted by molar-refractivity contribution is -0.115. The summed E-state index contributed by atoms with van der Waals surface area (Å²) in [7, 11) is 0. The third-order valence-corrected chi connectivity index (χ3v) is 5.28. The summed E-state index contributed by atoms with van der Waals surface area (Å²) in [5.74, 6) is 0.511. The molecule has 0 bridgehead atoms. The van der Waals surface area contributed by atoms with Crippen LogP contribution in [0.3, 0.4) is 0 Å². The molecule has 0 atom stereocenters. The highest BCUT2D eigenvalue weighted by Gasteiger charge is 2.12. The van der Waals surface area contributed by atoms with Gasteiger partial charge in [-0.2, -0.15) is 5.10 Å². The van der Waals surface area contributed by atoms with E-state index in [9.17, 15) is 9.59 Å². The van der Waals surface area contributed by atoms with Crippen LogP contribution in [-0.2, 0) is 17.8 Å². The molecule has 2 N–H and O–H groups in total. The van der Waals surface area contributed by atoms with Crippen molar-refractivity contribution >= 4 is 17.5 Å². The van der Waals surface area contributed by atoms with Crippen LogP contribution < -0.4 is 10.6 Å². The second kappa shape index (κ2) is 10.2. The minimum Gasteiger partial charge on any atom is -0.359 e. The standard InChI is InChI=1S/C26H27N5O3/c1-17(2)24-13-23(34-30-24)15-27-26(33)20-8-5-9-22(12-20)31-16-21(14-28-31)29-25(32)11-19-7-4-6-18(3)10-19/h4-10,12-14,16-17H,11,15H2,1-3H3,(H,27,33)(H,29,32). The molecule has 4 aromatic rings. The number of nitrogens with zero attached hydrogens (tertiary/aromatic N) is 3. The summed E-state index contributed by atoms with van der Waals surface area (Å²) in [4.78, 5) is 25.0. The van der Waals surface area contributed by atoms with E-state index in [1.54, 1.807) is 35.3 Å². The molecule has 0 aliphatic heterocycles.